The molecule has 2 aliphatic heterocycles. The fourth-order valence-corrected chi connectivity index (χ4v) is 3.27. The van der Waals surface area contributed by atoms with Crippen LogP contribution in [-0.2, 0) is 13.0 Å². The van der Waals surface area contributed by atoms with E-state index >= 15 is 0 Å². The molecule has 2 aliphatic rings. The van der Waals surface area contributed by atoms with Crippen LogP contribution in [0.2, 0.25) is 6.32 Å². The quantitative estimate of drug-likeness (QED) is 0.703. The van der Waals surface area contributed by atoms with E-state index in [-0.39, 0.29) is 23.2 Å². The standard InChI is InChI=1S/C16H19BN4O5/c22-16(23)14-13(2-1-11-3-4-17(24)26-15(11)14)25-12-7-20(8-12)5-6-21-10-18-9-19-21/h1-2,9-10,12,24H,3-8H2,(H,22,23). The van der Waals surface area contributed by atoms with E-state index in [1.165, 1.54) is 6.33 Å². The number of nitrogens with zero attached hydrogens (tertiary/aromatic N) is 4. The van der Waals surface area contributed by atoms with Gasteiger partial charge in [0.05, 0.1) is 6.54 Å². The maximum absolute atomic E-state index is 11.7. The van der Waals surface area contributed by atoms with Crippen LogP contribution in [0.5, 0.6) is 11.5 Å². The van der Waals surface area contributed by atoms with Gasteiger partial charge in [0, 0.05) is 19.6 Å². The van der Waals surface area contributed by atoms with Gasteiger partial charge in [-0.1, -0.05) is 6.07 Å². The molecule has 10 heteroatoms. The van der Waals surface area contributed by atoms with Crippen LogP contribution in [0.3, 0.4) is 0 Å². The Kier molecular flexibility index (Phi) is 4.52. The van der Waals surface area contributed by atoms with Gasteiger partial charge in [-0.3, -0.25) is 9.58 Å². The number of hydrogen-bond acceptors (Lipinski definition) is 7. The van der Waals surface area contributed by atoms with E-state index in [0.29, 0.717) is 25.8 Å². The molecule has 1 fully saturated rings. The highest BCUT2D eigenvalue weighted by molar-refractivity contribution is 6.44. The van der Waals surface area contributed by atoms with Crippen molar-refractivity contribution in [3.05, 3.63) is 35.9 Å². The zero-order valence-corrected chi connectivity index (χ0v) is 14.1. The SMILES string of the molecule is O=C(O)c1c(OC2CN(CCn3cncn3)C2)ccc2c1OB(O)CC2. The van der Waals surface area contributed by atoms with Gasteiger partial charge in [0.2, 0.25) is 0 Å². The van der Waals surface area contributed by atoms with Gasteiger partial charge < -0.3 is 19.5 Å². The molecule has 136 valence electrons. The number of hydrogen-bond donors (Lipinski definition) is 2. The number of fused-ring (bicyclic) bond motifs is 1. The maximum atomic E-state index is 11.7. The first-order valence-electron chi connectivity index (χ1n) is 8.55. The number of aromatic nitrogens is 3. The van der Waals surface area contributed by atoms with Gasteiger partial charge >= 0.3 is 13.1 Å². The molecule has 9 nitrogen and oxygen atoms in total. The van der Waals surface area contributed by atoms with Crippen molar-refractivity contribution >= 4 is 13.1 Å². The number of carboxylic acids is 1. The molecule has 0 radical (unpaired) electrons. The van der Waals surface area contributed by atoms with Gasteiger partial charge in [0.1, 0.15) is 35.8 Å². The topological polar surface area (TPSA) is 110 Å². The summed E-state index contributed by atoms with van der Waals surface area (Å²) in [5, 5.41) is 23.3. The van der Waals surface area contributed by atoms with E-state index in [1.807, 2.05) is 6.07 Å². The molecule has 3 heterocycles. The van der Waals surface area contributed by atoms with Gasteiger partial charge in [-0.2, -0.15) is 5.10 Å². The smallest absolute Gasteiger partial charge is 0.522 e. The van der Waals surface area contributed by atoms with Crippen LogP contribution in [-0.4, -0.2) is 68.6 Å². The molecule has 0 amide bonds. The monoisotopic (exact) mass is 358 g/mol. The van der Waals surface area contributed by atoms with Crippen LogP contribution in [0, 0.1) is 0 Å². The van der Waals surface area contributed by atoms with Gasteiger partial charge in [-0.25, -0.2) is 9.78 Å². The number of carbonyl (C=O) groups is 1. The average molecular weight is 358 g/mol. The molecule has 0 atom stereocenters. The summed E-state index contributed by atoms with van der Waals surface area (Å²) in [6.45, 7) is 3.01. The van der Waals surface area contributed by atoms with Gasteiger partial charge in [0.25, 0.3) is 0 Å². The lowest BCUT2D eigenvalue weighted by atomic mass is 9.78. The first-order chi connectivity index (χ1) is 12.6. The third-order valence-corrected chi connectivity index (χ3v) is 4.66. The van der Waals surface area contributed by atoms with Gasteiger partial charge in [0.15, 0.2) is 0 Å². The summed E-state index contributed by atoms with van der Waals surface area (Å²) in [6, 6.07) is 3.49. The van der Waals surface area contributed by atoms with Crippen molar-refractivity contribution in [1.82, 2.24) is 19.7 Å². The predicted octanol–water partition coefficient (Wildman–Crippen LogP) is 0.155. The zero-order chi connectivity index (χ0) is 18.1. The second-order valence-corrected chi connectivity index (χ2v) is 6.50. The number of aromatic carboxylic acids is 1. The fraction of sp³-hybridized carbons (Fsp3) is 0.438. The Labute approximate surface area is 150 Å². The highest BCUT2D eigenvalue weighted by Crippen LogP contribution is 2.37. The molecular weight excluding hydrogens is 339 g/mol. The second-order valence-electron chi connectivity index (χ2n) is 6.50. The van der Waals surface area contributed by atoms with E-state index in [0.717, 1.165) is 18.7 Å². The van der Waals surface area contributed by atoms with Crippen LogP contribution in [0.4, 0.5) is 0 Å². The van der Waals surface area contributed by atoms with Crippen molar-refractivity contribution in [2.24, 2.45) is 0 Å². The van der Waals surface area contributed by atoms with Crippen LogP contribution < -0.4 is 9.39 Å². The second kappa shape index (κ2) is 6.97. The van der Waals surface area contributed by atoms with Crippen molar-refractivity contribution < 1.29 is 24.3 Å². The molecule has 1 saturated heterocycles. The fourth-order valence-electron chi connectivity index (χ4n) is 3.27. The lowest BCUT2D eigenvalue weighted by molar-refractivity contribution is 0.0163. The predicted molar refractivity (Wildman–Crippen MR) is 91.4 cm³/mol. The Morgan fingerprint density at radius 3 is 2.96 bits per heavy atom. The Hall–Kier alpha value is -2.59. The first-order valence-corrected chi connectivity index (χ1v) is 8.55. The summed E-state index contributed by atoms with van der Waals surface area (Å²) in [6.07, 6.45) is 4.14. The third kappa shape index (κ3) is 3.38. The molecule has 0 aliphatic carbocycles. The number of rotatable bonds is 6. The van der Waals surface area contributed by atoms with E-state index in [4.69, 9.17) is 9.39 Å². The molecule has 1 aromatic heterocycles. The number of carboxylic acid groups (broad SMARTS) is 1. The van der Waals surface area contributed by atoms with Gasteiger partial charge in [-0.05, 0) is 24.4 Å². The molecular formula is C16H19BN4O5. The minimum atomic E-state index is -1.12. The molecule has 0 saturated carbocycles. The van der Waals surface area contributed by atoms with Crippen molar-refractivity contribution in [1.29, 1.82) is 0 Å². The molecule has 2 N–H and O–H groups in total. The first kappa shape index (κ1) is 16.9. The average Bonchev–Trinajstić information content (AvgIpc) is 3.09. The third-order valence-electron chi connectivity index (χ3n) is 4.66. The minimum absolute atomic E-state index is 0.0117. The van der Waals surface area contributed by atoms with Crippen molar-refractivity contribution in [3.63, 3.8) is 0 Å². The van der Waals surface area contributed by atoms with Gasteiger partial charge in [-0.15, -0.1) is 0 Å². The Bertz CT molecular complexity index is 794. The lowest BCUT2D eigenvalue weighted by Crippen LogP contribution is -2.54. The van der Waals surface area contributed by atoms with E-state index in [2.05, 4.69) is 15.0 Å². The normalized spacial score (nSPS) is 17.3. The van der Waals surface area contributed by atoms with E-state index < -0.39 is 13.1 Å². The highest BCUT2D eigenvalue weighted by Gasteiger charge is 2.33. The minimum Gasteiger partial charge on any atom is -0.535 e. The molecule has 4 rings (SSSR count). The maximum Gasteiger partial charge on any atom is 0.522 e. The van der Waals surface area contributed by atoms with E-state index in [1.54, 1.807) is 17.1 Å². The Balaban J connectivity index is 1.39. The lowest BCUT2D eigenvalue weighted by Gasteiger charge is -2.39. The molecule has 0 unspecified atom stereocenters. The number of likely N-dealkylation sites (tertiary alicyclic amines) is 1. The summed E-state index contributed by atoms with van der Waals surface area (Å²) in [5.74, 6) is -0.615. The largest absolute Gasteiger partial charge is 0.535 e. The zero-order valence-electron chi connectivity index (χ0n) is 14.1. The van der Waals surface area contributed by atoms with Crippen LogP contribution in [0.15, 0.2) is 24.8 Å². The summed E-state index contributed by atoms with van der Waals surface area (Å²) >= 11 is 0. The molecule has 1 aromatic carbocycles. The Morgan fingerprint density at radius 2 is 2.23 bits per heavy atom. The van der Waals surface area contributed by atoms with Crippen LogP contribution in [0.1, 0.15) is 15.9 Å². The van der Waals surface area contributed by atoms with Crippen LogP contribution >= 0.6 is 0 Å². The molecule has 0 bridgehead atoms. The van der Waals surface area contributed by atoms with Crippen molar-refractivity contribution in [3.8, 4) is 11.5 Å². The Morgan fingerprint density at radius 1 is 1.38 bits per heavy atom. The van der Waals surface area contributed by atoms with Crippen molar-refractivity contribution in [2.45, 2.75) is 25.4 Å². The number of aryl methyl sites for hydroxylation is 1. The summed E-state index contributed by atoms with van der Waals surface area (Å²) in [5.41, 5.74) is 0.769. The molecule has 2 aromatic rings. The number of ether oxygens (including phenoxy) is 1. The summed E-state index contributed by atoms with van der Waals surface area (Å²) in [4.78, 5) is 17.8. The van der Waals surface area contributed by atoms with Crippen LogP contribution in [0.25, 0.3) is 0 Å². The highest BCUT2D eigenvalue weighted by atomic mass is 16.5. The summed E-state index contributed by atoms with van der Waals surface area (Å²) in [7, 11) is -0.980. The summed E-state index contributed by atoms with van der Waals surface area (Å²) < 4.78 is 13.0. The van der Waals surface area contributed by atoms with E-state index in [9.17, 15) is 14.9 Å². The van der Waals surface area contributed by atoms with Crippen molar-refractivity contribution in [2.75, 3.05) is 19.6 Å². The molecule has 26 heavy (non-hydrogen) atoms. The number of benzene rings is 1. The molecule has 0 spiro atoms.